The van der Waals surface area contributed by atoms with Gasteiger partial charge >= 0.3 is 0 Å². The fourth-order valence-corrected chi connectivity index (χ4v) is 2.12. The average molecular weight is 307 g/mol. The van der Waals surface area contributed by atoms with Crippen molar-refractivity contribution >= 4 is 28.9 Å². The molecule has 2 rings (SSSR count). The van der Waals surface area contributed by atoms with E-state index in [2.05, 4.69) is 15.7 Å². The van der Waals surface area contributed by atoms with Crippen LogP contribution < -0.4 is 10.6 Å². The lowest BCUT2D eigenvalue weighted by Crippen LogP contribution is -2.10. The van der Waals surface area contributed by atoms with E-state index in [0.29, 0.717) is 11.4 Å². The highest BCUT2D eigenvalue weighted by Crippen LogP contribution is 2.29. The molecule has 5 nitrogen and oxygen atoms in total. The molecular weight excluding hydrogens is 288 g/mol. The minimum Gasteiger partial charge on any atom is -0.377 e. The number of amides is 1. The Balaban J connectivity index is 2.15. The van der Waals surface area contributed by atoms with Crippen LogP contribution in [0.5, 0.6) is 0 Å². The van der Waals surface area contributed by atoms with E-state index in [1.54, 1.807) is 16.8 Å². The van der Waals surface area contributed by atoms with Gasteiger partial charge in [-0.25, -0.2) is 0 Å². The quantitative estimate of drug-likeness (QED) is 0.887. The molecule has 0 aliphatic carbocycles. The number of nitrogens with zero attached hydrogens (tertiary/aromatic N) is 2. The molecule has 0 aliphatic heterocycles. The van der Waals surface area contributed by atoms with E-state index < -0.39 is 0 Å². The molecular formula is C15H19ClN4O. The second kappa shape index (κ2) is 6.63. The maximum atomic E-state index is 11.4. The number of carbonyl (C=O) groups excluding carboxylic acids is 1. The highest BCUT2D eigenvalue weighted by Gasteiger charge is 2.10. The second-order valence-electron chi connectivity index (χ2n) is 4.91. The Morgan fingerprint density at radius 2 is 2.24 bits per heavy atom. The van der Waals surface area contributed by atoms with E-state index in [0.717, 1.165) is 16.9 Å². The van der Waals surface area contributed by atoms with Crippen molar-refractivity contribution in [1.29, 1.82) is 0 Å². The molecule has 0 saturated heterocycles. The van der Waals surface area contributed by atoms with Gasteiger partial charge in [-0.2, -0.15) is 5.10 Å². The lowest BCUT2D eigenvalue weighted by atomic mass is 10.1. The average Bonchev–Trinajstić information content (AvgIpc) is 2.89. The maximum Gasteiger partial charge on any atom is 0.224 e. The molecule has 2 aromatic rings. The minimum absolute atomic E-state index is 0.0245. The van der Waals surface area contributed by atoms with Crippen molar-refractivity contribution in [2.45, 2.75) is 26.3 Å². The summed E-state index contributed by atoms with van der Waals surface area (Å²) in [5.41, 5.74) is 2.57. The number of benzene rings is 1. The van der Waals surface area contributed by atoms with Crippen LogP contribution in [0.4, 0.5) is 11.4 Å². The monoisotopic (exact) mass is 306 g/mol. The van der Waals surface area contributed by atoms with Gasteiger partial charge in [0, 0.05) is 30.9 Å². The molecule has 0 fully saturated rings. The maximum absolute atomic E-state index is 11.4. The topological polar surface area (TPSA) is 59.0 Å². The van der Waals surface area contributed by atoms with Crippen molar-refractivity contribution in [1.82, 2.24) is 9.78 Å². The first-order valence-corrected chi connectivity index (χ1v) is 7.22. The zero-order valence-corrected chi connectivity index (χ0v) is 13.1. The third-order valence-corrected chi connectivity index (χ3v) is 3.50. The number of aromatic nitrogens is 2. The van der Waals surface area contributed by atoms with Crippen LogP contribution in [0.25, 0.3) is 0 Å². The van der Waals surface area contributed by atoms with Gasteiger partial charge in [-0.3, -0.25) is 9.48 Å². The summed E-state index contributed by atoms with van der Waals surface area (Å²) in [6.45, 7) is 3.85. The highest BCUT2D eigenvalue weighted by molar-refractivity contribution is 6.33. The number of anilines is 2. The van der Waals surface area contributed by atoms with Gasteiger partial charge < -0.3 is 10.6 Å². The van der Waals surface area contributed by atoms with Crippen molar-refractivity contribution < 1.29 is 4.79 Å². The molecule has 1 atom stereocenters. The second-order valence-corrected chi connectivity index (χ2v) is 5.32. The molecule has 21 heavy (non-hydrogen) atoms. The number of hydrogen-bond donors (Lipinski definition) is 2. The van der Waals surface area contributed by atoms with E-state index >= 15 is 0 Å². The van der Waals surface area contributed by atoms with Gasteiger partial charge in [-0.05, 0) is 25.1 Å². The van der Waals surface area contributed by atoms with E-state index in [1.165, 1.54) is 0 Å². The van der Waals surface area contributed by atoms with Crippen molar-refractivity contribution in [3.63, 3.8) is 0 Å². The van der Waals surface area contributed by atoms with Gasteiger partial charge in [-0.15, -0.1) is 0 Å². The zero-order valence-electron chi connectivity index (χ0n) is 12.4. The van der Waals surface area contributed by atoms with Gasteiger partial charge in [0.25, 0.3) is 0 Å². The number of hydrogen-bond acceptors (Lipinski definition) is 3. The first-order chi connectivity index (χ1) is 9.99. The van der Waals surface area contributed by atoms with Crippen molar-refractivity contribution in [2.24, 2.45) is 7.05 Å². The number of rotatable bonds is 5. The molecule has 0 aliphatic rings. The predicted molar refractivity (Wildman–Crippen MR) is 85.6 cm³/mol. The van der Waals surface area contributed by atoms with Gasteiger partial charge in [0.1, 0.15) is 0 Å². The smallest absolute Gasteiger partial charge is 0.224 e. The van der Waals surface area contributed by atoms with E-state index in [4.69, 9.17) is 11.6 Å². The summed E-state index contributed by atoms with van der Waals surface area (Å²) < 4.78 is 1.76. The number of carbonyl (C=O) groups is 1. The lowest BCUT2D eigenvalue weighted by Gasteiger charge is -2.16. The van der Waals surface area contributed by atoms with Gasteiger partial charge in [0.05, 0.1) is 22.9 Å². The van der Waals surface area contributed by atoms with Crippen molar-refractivity contribution in [3.05, 3.63) is 41.2 Å². The molecule has 2 N–H and O–H groups in total. The van der Waals surface area contributed by atoms with Gasteiger partial charge in [0.2, 0.25) is 5.91 Å². The van der Waals surface area contributed by atoms with Crippen LogP contribution in [0.3, 0.4) is 0 Å². The Bertz CT molecular complexity index is 638. The standard InChI is InChI=1S/C15H19ClN4O/c1-4-15(21)19-12-5-6-13(16)14(7-12)18-10(2)11-8-17-20(3)9-11/h5-10,18H,4H2,1-3H3,(H,19,21). The summed E-state index contributed by atoms with van der Waals surface area (Å²) in [6, 6.07) is 5.46. The summed E-state index contributed by atoms with van der Waals surface area (Å²) in [7, 11) is 1.88. The zero-order chi connectivity index (χ0) is 15.4. The molecule has 0 saturated carbocycles. The van der Waals surface area contributed by atoms with Crippen LogP contribution >= 0.6 is 11.6 Å². The summed E-state index contributed by atoms with van der Waals surface area (Å²) in [4.78, 5) is 11.4. The first kappa shape index (κ1) is 15.4. The number of nitrogens with one attached hydrogen (secondary N) is 2. The molecule has 0 bridgehead atoms. The summed E-state index contributed by atoms with van der Waals surface area (Å²) >= 11 is 6.21. The van der Waals surface area contributed by atoms with Gasteiger partial charge in [0.15, 0.2) is 0 Å². The van der Waals surface area contributed by atoms with Crippen LogP contribution in [-0.4, -0.2) is 15.7 Å². The Hall–Kier alpha value is -2.01. The van der Waals surface area contributed by atoms with Crippen LogP contribution in [0.1, 0.15) is 31.9 Å². The first-order valence-electron chi connectivity index (χ1n) is 6.84. The molecule has 6 heteroatoms. The van der Waals surface area contributed by atoms with E-state index in [9.17, 15) is 4.79 Å². The fourth-order valence-electron chi connectivity index (χ4n) is 1.94. The fraction of sp³-hybridized carbons (Fsp3) is 0.333. The van der Waals surface area contributed by atoms with Crippen LogP contribution in [0.15, 0.2) is 30.6 Å². The largest absolute Gasteiger partial charge is 0.377 e. The van der Waals surface area contributed by atoms with Crippen molar-refractivity contribution in [2.75, 3.05) is 10.6 Å². The summed E-state index contributed by atoms with van der Waals surface area (Å²) in [5, 5.41) is 10.9. The van der Waals surface area contributed by atoms with E-state index in [-0.39, 0.29) is 11.9 Å². The number of aryl methyl sites for hydroxylation is 1. The van der Waals surface area contributed by atoms with Gasteiger partial charge in [-0.1, -0.05) is 18.5 Å². The SMILES string of the molecule is CCC(=O)Nc1ccc(Cl)c(NC(C)c2cnn(C)c2)c1. The van der Waals surface area contributed by atoms with Crippen LogP contribution in [0.2, 0.25) is 5.02 Å². The van der Waals surface area contributed by atoms with Crippen LogP contribution in [0, 0.1) is 0 Å². The Morgan fingerprint density at radius 1 is 1.48 bits per heavy atom. The summed E-state index contributed by atoms with van der Waals surface area (Å²) in [6.07, 6.45) is 4.21. The number of halogens is 1. The highest BCUT2D eigenvalue weighted by atomic mass is 35.5. The summed E-state index contributed by atoms with van der Waals surface area (Å²) in [5.74, 6) is -0.0245. The molecule has 1 aromatic carbocycles. The lowest BCUT2D eigenvalue weighted by molar-refractivity contribution is -0.115. The molecule has 1 unspecified atom stereocenters. The normalized spacial score (nSPS) is 12.0. The van der Waals surface area contributed by atoms with E-state index in [1.807, 2.05) is 39.4 Å². The molecule has 1 amide bonds. The third kappa shape index (κ3) is 3.98. The predicted octanol–water partition coefficient (Wildman–Crippen LogP) is 3.60. The van der Waals surface area contributed by atoms with Crippen LogP contribution in [-0.2, 0) is 11.8 Å². The molecule has 1 aromatic heterocycles. The Kier molecular flexibility index (Phi) is 4.85. The Labute approximate surface area is 129 Å². The molecule has 0 spiro atoms. The molecule has 0 radical (unpaired) electrons. The van der Waals surface area contributed by atoms with Crippen molar-refractivity contribution in [3.8, 4) is 0 Å². The minimum atomic E-state index is -0.0245. The Morgan fingerprint density at radius 3 is 2.86 bits per heavy atom. The molecule has 1 heterocycles. The molecule has 112 valence electrons. The third-order valence-electron chi connectivity index (χ3n) is 3.17.